The van der Waals surface area contributed by atoms with Gasteiger partial charge in [-0.25, -0.2) is 0 Å². The van der Waals surface area contributed by atoms with Gasteiger partial charge in [0.2, 0.25) is 17.0 Å². The Morgan fingerprint density at radius 1 is 1.29 bits per heavy atom. The number of hydrazine groups is 1. The molecule has 21 heavy (non-hydrogen) atoms. The predicted octanol–water partition coefficient (Wildman–Crippen LogP) is 0.230. The molecule has 9 heteroatoms. The maximum atomic E-state index is 11.5. The number of aryl methyl sites for hydroxylation is 1. The van der Waals surface area contributed by atoms with Crippen LogP contribution in [0.15, 0.2) is 29.4 Å². The standard InChI is InChI=1S/C12H14N6O2S/c1-8-5-3-4-6-10(8)18-12(15-16-17-18)21-7-11(20)14-13-9(2)19/h3-6H,7H2,1-2H3,(H,13,19)(H,14,20). The Morgan fingerprint density at radius 3 is 2.76 bits per heavy atom. The number of hydrogen-bond acceptors (Lipinski definition) is 6. The molecule has 0 saturated carbocycles. The Bertz CT molecular complexity index is 657. The van der Waals surface area contributed by atoms with E-state index in [-0.39, 0.29) is 17.6 Å². The Hall–Kier alpha value is -2.42. The molecule has 1 heterocycles. The van der Waals surface area contributed by atoms with Gasteiger partial charge in [-0.1, -0.05) is 30.0 Å². The van der Waals surface area contributed by atoms with Crippen LogP contribution in [0.3, 0.4) is 0 Å². The Balaban J connectivity index is 2.03. The van der Waals surface area contributed by atoms with E-state index in [2.05, 4.69) is 26.4 Å². The predicted molar refractivity (Wildman–Crippen MR) is 76.6 cm³/mol. The molecule has 0 aliphatic rings. The lowest BCUT2D eigenvalue weighted by atomic mass is 10.2. The van der Waals surface area contributed by atoms with Gasteiger partial charge in [0.1, 0.15) is 0 Å². The SMILES string of the molecule is CC(=O)NNC(=O)CSc1nnnn1-c1ccccc1C. The van der Waals surface area contributed by atoms with Crippen LogP contribution in [0.5, 0.6) is 0 Å². The van der Waals surface area contributed by atoms with Gasteiger partial charge in [-0.05, 0) is 29.0 Å². The summed E-state index contributed by atoms with van der Waals surface area (Å²) in [7, 11) is 0. The van der Waals surface area contributed by atoms with Crippen molar-refractivity contribution in [2.75, 3.05) is 5.75 Å². The summed E-state index contributed by atoms with van der Waals surface area (Å²) >= 11 is 1.18. The van der Waals surface area contributed by atoms with E-state index < -0.39 is 0 Å². The van der Waals surface area contributed by atoms with Crippen LogP contribution >= 0.6 is 11.8 Å². The highest BCUT2D eigenvalue weighted by Gasteiger charge is 2.12. The second-order valence-electron chi connectivity index (χ2n) is 4.18. The molecular weight excluding hydrogens is 292 g/mol. The van der Waals surface area contributed by atoms with Crippen LogP contribution in [0, 0.1) is 6.92 Å². The molecule has 0 atom stereocenters. The van der Waals surface area contributed by atoms with Gasteiger partial charge in [0.25, 0.3) is 0 Å². The zero-order chi connectivity index (χ0) is 15.2. The largest absolute Gasteiger partial charge is 0.274 e. The molecule has 1 aromatic carbocycles. The molecule has 0 spiro atoms. The van der Waals surface area contributed by atoms with Crippen molar-refractivity contribution in [3.8, 4) is 5.69 Å². The van der Waals surface area contributed by atoms with Gasteiger partial charge in [0.15, 0.2) is 0 Å². The molecule has 0 saturated heterocycles. The number of nitrogens with one attached hydrogen (secondary N) is 2. The number of para-hydroxylation sites is 1. The van der Waals surface area contributed by atoms with E-state index >= 15 is 0 Å². The highest BCUT2D eigenvalue weighted by Crippen LogP contribution is 2.19. The monoisotopic (exact) mass is 306 g/mol. The third-order valence-corrected chi connectivity index (χ3v) is 3.41. The lowest BCUT2D eigenvalue weighted by molar-refractivity contribution is -0.126. The molecule has 8 nitrogen and oxygen atoms in total. The van der Waals surface area contributed by atoms with E-state index in [0.717, 1.165) is 11.3 Å². The average Bonchev–Trinajstić information content (AvgIpc) is 2.91. The molecule has 110 valence electrons. The second kappa shape index (κ2) is 6.84. The molecule has 0 bridgehead atoms. The molecule has 2 amide bonds. The van der Waals surface area contributed by atoms with Crippen molar-refractivity contribution in [3.63, 3.8) is 0 Å². The average molecular weight is 306 g/mol. The number of rotatable bonds is 4. The van der Waals surface area contributed by atoms with Crippen LogP contribution in [0.1, 0.15) is 12.5 Å². The highest BCUT2D eigenvalue weighted by atomic mass is 32.2. The maximum absolute atomic E-state index is 11.5. The van der Waals surface area contributed by atoms with Crippen molar-refractivity contribution in [2.24, 2.45) is 0 Å². The number of tetrazole rings is 1. The fourth-order valence-corrected chi connectivity index (χ4v) is 2.23. The van der Waals surface area contributed by atoms with Crippen LogP contribution in [0.25, 0.3) is 5.69 Å². The lowest BCUT2D eigenvalue weighted by Gasteiger charge is -2.07. The topological polar surface area (TPSA) is 102 Å². The first-order valence-electron chi connectivity index (χ1n) is 6.10. The number of thioether (sulfide) groups is 1. The second-order valence-corrected chi connectivity index (χ2v) is 5.12. The molecule has 0 aliphatic heterocycles. The fourth-order valence-electron chi connectivity index (χ4n) is 1.55. The van der Waals surface area contributed by atoms with Gasteiger partial charge >= 0.3 is 0 Å². The molecule has 2 N–H and O–H groups in total. The van der Waals surface area contributed by atoms with Crippen LogP contribution in [-0.2, 0) is 9.59 Å². The van der Waals surface area contributed by atoms with Crippen molar-refractivity contribution in [3.05, 3.63) is 29.8 Å². The van der Waals surface area contributed by atoms with Gasteiger partial charge < -0.3 is 0 Å². The van der Waals surface area contributed by atoms with Gasteiger partial charge in [0, 0.05) is 6.92 Å². The van der Waals surface area contributed by atoms with E-state index in [1.165, 1.54) is 18.7 Å². The van der Waals surface area contributed by atoms with Crippen molar-refractivity contribution in [2.45, 2.75) is 19.0 Å². The number of carbonyl (C=O) groups is 2. The third-order valence-electron chi connectivity index (χ3n) is 2.49. The first kappa shape index (κ1) is 15.0. The normalized spacial score (nSPS) is 10.2. The summed E-state index contributed by atoms with van der Waals surface area (Å²) in [6, 6.07) is 7.67. The molecule has 0 radical (unpaired) electrons. The summed E-state index contributed by atoms with van der Waals surface area (Å²) in [6.45, 7) is 3.26. The minimum atomic E-state index is -0.338. The summed E-state index contributed by atoms with van der Waals surface area (Å²) in [5.41, 5.74) is 6.38. The van der Waals surface area contributed by atoms with Crippen LogP contribution in [-0.4, -0.2) is 37.8 Å². The number of amides is 2. The van der Waals surface area contributed by atoms with Gasteiger partial charge in [-0.2, -0.15) is 4.68 Å². The molecule has 0 fully saturated rings. The van der Waals surface area contributed by atoms with Gasteiger partial charge in [-0.15, -0.1) is 5.10 Å². The van der Waals surface area contributed by atoms with Gasteiger partial charge in [0.05, 0.1) is 11.4 Å². The van der Waals surface area contributed by atoms with E-state index in [1.54, 1.807) is 4.68 Å². The zero-order valence-corrected chi connectivity index (χ0v) is 12.3. The summed E-state index contributed by atoms with van der Waals surface area (Å²) < 4.78 is 1.58. The summed E-state index contributed by atoms with van der Waals surface area (Å²) in [4.78, 5) is 22.2. The van der Waals surface area contributed by atoms with Crippen LogP contribution in [0.2, 0.25) is 0 Å². The highest BCUT2D eigenvalue weighted by molar-refractivity contribution is 7.99. The molecule has 1 aromatic heterocycles. The van der Waals surface area contributed by atoms with Crippen LogP contribution < -0.4 is 10.9 Å². The smallest absolute Gasteiger partial charge is 0.248 e. The van der Waals surface area contributed by atoms with E-state index in [1.807, 2.05) is 31.2 Å². The third kappa shape index (κ3) is 4.02. The Morgan fingerprint density at radius 2 is 2.05 bits per heavy atom. The Labute approximate surface area is 125 Å². The first-order chi connectivity index (χ1) is 10.1. The van der Waals surface area contributed by atoms with Gasteiger partial charge in [-0.3, -0.25) is 20.4 Å². The molecule has 2 aromatic rings. The van der Waals surface area contributed by atoms with Crippen molar-refractivity contribution in [1.82, 2.24) is 31.1 Å². The molecule has 0 unspecified atom stereocenters. The Kier molecular flexibility index (Phi) is 4.88. The quantitative estimate of drug-likeness (QED) is 0.619. The number of aromatic nitrogens is 4. The zero-order valence-electron chi connectivity index (χ0n) is 11.5. The summed E-state index contributed by atoms with van der Waals surface area (Å²) in [5, 5.41) is 12.0. The molecule has 0 aliphatic carbocycles. The first-order valence-corrected chi connectivity index (χ1v) is 7.09. The fraction of sp³-hybridized carbons (Fsp3) is 0.250. The number of carbonyl (C=O) groups excluding carboxylic acids is 2. The number of benzene rings is 1. The maximum Gasteiger partial charge on any atom is 0.248 e. The summed E-state index contributed by atoms with van der Waals surface area (Å²) in [6.07, 6.45) is 0. The van der Waals surface area contributed by atoms with E-state index in [9.17, 15) is 9.59 Å². The minimum Gasteiger partial charge on any atom is -0.274 e. The summed E-state index contributed by atoms with van der Waals surface area (Å²) in [5.74, 6) is -0.584. The van der Waals surface area contributed by atoms with Crippen molar-refractivity contribution >= 4 is 23.6 Å². The van der Waals surface area contributed by atoms with E-state index in [0.29, 0.717) is 5.16 Å². The minimum absolute atomic E-state index is 0.0898. The molecule has 2 rings (SSSR count). The molecular formula is C12H14N6O2S. The van der Waals surface area contributed by atoms with E-state index in [4.69, 9.17) is 0 Å². The number of hydrogen-bond donors (Lipinski definition) is 2. The lowest BCUT2D eigenvalue weighted by Crippen LogP contribution is -2.41. The van der Waals surface area contributed by atoms with Crippen molar-refractivity contribution in [1.29, 1.82) is 0 Å². The number of nitrogens with zero attached hydrogens (tertiary/aromatic N) is 4. The van der Waals surface area contributed by atoms with Crippen molar-refractivity contribution < 1.29 is 9.59 Å². The van der Waals surface area contributed by atoms with Crippen LogP contribution in [0.4, 0.5) is 0 Å².